The fourth-order valence-electron chi connectivity index (χ4n) is 1.90. The number of ether oxygens (including phenoxy) is 2. The zero-order chi connectivity index (χ0) is 14.3. The summed E-state index contributed by atoms with van der Waals surface area (Å²) in [7, 11) is 0. The average molecular weight is 280 g/mol. The van der Waals surface area contributed by atoms with Crippen LogP contribution in [0.15, 0.2) is 27.8 Å². The quantitative estimate of drug-likeness (QED) is 0.817. The number of rotatable bonds is 2. The van der Waals surface area contributed by atoms with Gasteiger partial charge in [-0.05, 0) is 17.7 Å². The Hall–Kier alpha value is -2.77. The van der Waals surface area contributed by atoms with Gasteiger partial charge >= 0.3 is 5.69 Å². The van der Waals surface area contributed by atoms with Crippen molar-refractivity contribution in [2.24, 2.45) is 0 Å². The largest absolute Gasteiger partial charge is 0.492 e. The van der Waals surface area contributed by atoms with E-state index in [1.54, 1.807) is 23.2 Å². The average Bonchev–Trinajstić information content (AvgIpc) is 2.88. The molecule has 1 aromatic heterocycles. The highest BCUT2D eigenvalue weighted by Gasteiger charge is 2.16. The molecule has 7 nitrogen and oxygen atoms in total. The van der Waals surface area contributed by atoms with E-state index in [0.29, 0.717) is 21.6 Å². The zero-order valence-corrected chi connectivity index (χ0v) is 10.1. The normalized spacial score (nSPS) is 12.7. The Morgan fingerprint density at radius 3 is 2.85 bits per heavy atom. The topological polar surface area (TPSA) is 93.6 Å². The SMILES string of the molecule is O=c1[nH]c(=O)n(Cc2ccc3c(c2)OCO3)c(O)c1F. The Kier molecular flexibility index (Phi) is 2.70. The Labute approximate surface area is 110 Å². The van der Waals surface area contributed by atoms with Crippen LogP contribution in [0.2, 0.25) is 0 Å². The third-order valence-corrected chi connectivity index (χ3v) is 2.89. The number of halogens is 1. The highest BCUT2D eigenvalue weighted by molar-refractivity contribution is 5.44. The predicted molar refractivity (Wildman–Crippen MR) is 64.6 cm³/mol. The van der Waals surface area contributed by atoms with Crippen LogP contribution in [0.4, 0.5) is 4.39 Å². The van der Waals surface area contributed by atoms with E-state index >= 15 is 0 Å². The summed E-state index contributed by atoms with van der Waals surface area (Å²) in [5.41, 5.74) is -1.57. The van der Waals surface area contributed by atoms with Crippen molar-refractivity contribution in [1.82, 2.24) is 9.55 Å². The van der Waals surface area contributed by atoms with Gasteiger partial charge in [0.2, 0.25) is 18.5 Å². The van der Waals surface area contributed by atoms with Crippen LogP contribution in [0, 0.1) is 5.82 Å². The first-order valence-electron chi connectivity index (χ1n) is 5.66. The molecule has 104 valence electrons. The minimum Gasteiger partial charge on any atom is -0.492 e. The van der Waals surface area contributed by atoms with Crippen LogP contribution < -0.4 is 20.7 Å². The number of H-pyrrole nitrogens is 1. The number of hydrogen-bond donors (Lipinski definition) is 2. The number of nitrogens with one attached hydrogen (secondary N) is 1. The summed E-state index contributed by atoms with van der Waals surface area (Å²) in [6.07, 6.45) is 0. The lowest BCUT2D eigenvalue weighted by Crippen LogP contribution is -2.32. The van der Waals surface area contributed by atoms with Crippen LogP contribution in [0.25, 0.3) is 0 Å². The molecule has 0 radical (unpaired) electrons. The molecule has 2 N–H and O–H groups in total. The molecule has 0 atom stereocenters. The van der Waals surface area contributed by atoms with E-state index in [1.807, 2.05) is 0 Å². The molecule has 2 aromatic rings. The fraction of sp³-hybridized carbons (Fsp3) is 0.167. The van der Waals surface area contributed by atoms with E-state index in [2.05, 4.69) is 0 Å². The van der Waals surface area contributed by atoms with Crippen molar-refractivity contribution in [2.75, 3.05) is 6.79 Å². The molecule has 0 saturated carbocycles. The first-order chi connectivity index (χ1) is 9.56. The zero-order valence-electron chi connectivity index (χ0n) is 10.1. The lowest BCUT2D eigenvalue weighted by molar-refractivity contribution is 0.174. The highest BCUT2D eigenvalue weighted by atomic mass is 19.1. The van der Waals surface area contributed by atoms with Gasteiger partial charge in [-0.25, -0.2) is 4.79 Å². The molecule has 8 heteroatoms. The minimum absolute atomic E-state index is 0.108. The van der Waals surface area contributed by atoms with Crippen LogP contribution in [-0.4, -0.2) is 21.5 Å². The summed E-state index contributed by atoms with van der Waals surface area (Å²) in [6.45, 7) is -0.00766. The summed E-state index contributed by atoms with van der Waals surface area (Å²) < 4.78 is 24.3. The molecule has 0 bridgehead atoms. The number of fused-ring (bicyclic) bond motifs is 1. The van der Waals surface area contributed by atoms with Gasteiger partial charge in [0.25, 0.3) is 5.56 Å². The van der Waals surface area contributed by atoms with Gasteiger partial charge in [-0.1, -0.05) is 6.07 Å². The van der Waals surface area contributed by atoms with E-state index in [9.17, 15) is 19.1 Å². The van der Waals surface area contributed by atoms with Gasteiger partial charge in [-0.2, -0.15) is 4.39 Å². The second kappa shape index (κ2) is 4.41. The Morgan fingerprint density at radius 1 is 1.30 bits per heavy atom. The Morgan fingerprint density at radius 2 is 2.05 bits per heavy atom. The first kappa shape index (κ1) is 12.3. The van der Waals surface area contributed by atoms with Crippen molar-refractivity contribution >= 4 is 0 Å². The van der Waals surface area contributed by atoms with Crippen molar-refractivity contribution in [3.63, 3.8) is 0 Å². The maximum atomic E-state index is 13.3. The van der Waals surface area contributed by atoms with Gasteiger partial charge in [-0.3, -0.25) is 14.3 Å². The van der Waals surface area contributed by atoms with Crippen molar-refractivity contribution in [1.29, 1.82) is 0 Å². The first-order valence-corrected chi connectivity index (χ1v) is 5.66. The molecular weight excluding hydrogens is 271 g/mol. The Bertz CT molecular complexity index is 795. The van der Waals surface area contributed by atoms with Crippen LogP contribution in [0.5, 0.6) is 17.4 Å². The lowest BCUT2D eigenvalue weighted by atomic mass is 10.2. The maximum Gasteiger partial charge on any atom is 0.331 e. The van der Waals surface area contributed by atoms with Crippen LogP contribution in [0.1, 0.15) is 5.56 Å². The minimum atomic E-state index is -1.40. The van der Waals surface area contributed by atoms with E-state index in [0.717, 1.165) is 0 Å². The molecule has 0 spiro atoms. The third kappa shape index (κ3) is 1.91. The van der Waals surface area contributed by atoms with Gasteiger partial charge in [0.05, 0.1) is 6.54 Å². The summed E-state index contributed by atoms with van der Waals surface area (Å²) in [5.74, 6) is -1.33. The molecule has 1 aliphatic rings. The van der Waals surface area contributed by atoms with E-state index < -0.39 is 22.9 Å². The highest BCUT2D eigenvalue weighted by Crippen LogP contribution is 2.32. The summed E-state index contributed by atoms with van der Waals surface area (Å²) >= 11 is 0. The van der Waals surface area contributed by atoms with Gasteiger partial charge < -0.3 is 14.6 Å². The van der Waals surface area contributed by atoms with Crippen LogP contribution >= 0.6 is 0 Å². The standard InChI is InChI=1S/C12H9FN2O5/c13-9-10(16)14-12(18)15(11(9)17)4-6-1-2-7-8(3-6)20-5-19-7/h1-3,17H,4-5H2,(H,14,16,18). The monoisotopic (exact) mass is 280 g/mol. The van der Waals surface area contributed by atoms with Crippen molar-refractivity contribution < 1.29 is 19.0 Å². The van der Waals surface area contributed by atoms with Gasteiger partial charge in [0, 0.05) is 0 Å². The van der Waals surface area contributed by atoms with E-state index in [-0.39, 0.29) is 13.3 Å². The maximum absolute atomic E-state index is 13.3. The second-order valence-electron chi connectivity index (χ2n) is 4.17. The number of aromatic amines is 1. The second-order valence-corrected chi connectivity index (χ2v) is 4.17. The molecule has 0 saturated heterocycles. The molecular formula is C12H9FN2O5. The van der Waals surface area contributed by atoms with Crippen LogP contribution in [0.3, 0.4) is 0 Å². The molecule has 0 unspecified atom stereocenters. The Balaban J connectivity index is 2.02. The summed E-state index contributed by atoms with van der Waals surface area (Å²) in [6, 6.07) is 4.89. The number of nitrogens with zero attached hydrogens (tertiary/aromatic N) is 1. The number of hydrogen-bond acceptors (Lipinski definition) is 5. The molecule has 0 amide bonds. The summed E-state index contributed by atoms with van der Waals surface area (Å²) in [5, 5.41) is 9.53. The molecule has 1 aromatic carbocycles. The van der Waals surface area contributed by atoms with E-state index in [1.165, 1.54) is 0 Å². The van der Waals surface area contributed by atoms with E-state index in [4.69, 9.17) is 9.47 Å². The van der Waals surface area contributed by atoms with Gasteiger partial charge in [0.15, 0.2) is 11.5 Å². The number of aromatic nitrogens is 2. The molecule has 2 heterocycles. The summed E-state index contributed by atoms with van der Waals surface area (Å²) in [4.78, 5) is 24.3. The number of benzene rings is 1. The van der Waals surface area contributed by atoms with Crippen molar-refractivity contribution in [3.05, 3.63) is 50.4 Å². The van der Waals surface area contributed by atoms with Crippen molar-refractivity contribution in [3.8, 4) is 17.4 Å². The predicted octanol–water partition coefficient (Wildman–Crippen LogP) is 0.158. The molecule has 0 fully saturated rings. The van der Waals surface area contributed by atoms with Crippen LogP contribution in [-0.2, 0) is 6.54 Å². The smallest absolute Gasteiger partial charge is 0.331 e. The fourth-order valence-corrected chi connectivity index (χ4v) is 1.90. The molecule has 0 aliphatic carbocycles. The molecule has 3 rings (SSSR count). The van der Waals surface area contributed by atoms with Crippen molar-refractivity contribution in [2.45, 2.75) is 6.54 Å². The third-order valence-electron chi connectivity index (χ3n) is 2.89. The lowest BCUT2D eigenvalue weighted by Gasteiger charge is -2.08. The molecule has 20 heavy (non-hydrogen) atoms. The van der Waals surface area contributed by atoms with Gasteiger partial charge in [0.1, 0.15) is 0 Å². The van der Waals surface area contributed by atoms with Gasteiger partial charge in [-0.15, -0.1) is 0 Å². The molecule has 1 aliphatic heterocycles. The number of aromatic hydroxyl groups is 1.